The van der Waals surface area contributed by atoms with Crippen molar-refractivity contribution in [3.8, 4) is 17.1 Å². The maximum absolute atomic E-state index is 13.5. The van der Waals surface area contributed by atoms with Gasteiger partial charge in [-0.1, -0.05) is 46.5 Å². The number of hydrogen-bond acceptors (Lipinski definition) is 7. The van der Waals surface area contributed by atoms with E-state index in [-0.39, 0.29) is 24.6 Å². The summed E-state index contributed by atoms with van der Waals surface area (Å²) in [5, 5.41) is 12.0. The summed E-state index contributed by atoms with van der Waals surface area (Å²) in [6.45, 7) is 6.07. The summed E-state index contributed by atoms with van der Waals surface area (Å²) in [5.74, 6) is -0.490. The molecule has 0 unspecified atom stereocenters. The number of aliphatic hydroxyl groups is 1. The van der Waals surface area contributed by atoms with Crippen molar-refractivity contribution in [2.75, 3.05) is 0 Å². The lowest BCUT2D eigenvalue weighted by Crippen LogP contribution is -2.44. The van der Waals surface area contributed by atoms with Crippen LogP contribution < -0.4 is 10.3 Å². The van der Waals surface area contributed by atoms with Crippen LogP contribution in [0.2, 0.25) is 0 Å². The SMILES string of the molecule is CCCCCCCC(=O)Oc1ccc2nc3c(c(CC)c2c1)Cn1c-3cc2c(c1=O)COC(=O)[C@]2(O)CC. The van der Waals surface area contributed by atoms with Gasteiger partial charge in [-0.3, -0.25) is 9.59 Å². The first-order valence-corrected chi connectivity index (χ1v) is 13.7. The van der Waals surface area contributed by atoms with Gasteiger partial charge >= 0.3 is 11.9 Å². The second kappa shape index (κ2) is 10.3. The lowest BCUT2D eigenvalue weighted by atomic mass is 9.86. The van der Waals surface area contributed by atoms with Crippen molar-refractivity contribution in [3.63, 3.8) is 0 Å². The standard InChI is InChI=1S/C30H34N2O6/c1-4-7-8-9-10-11-26(33)38-18-12-13-24-20(14-18)19(5-2)21-16-32-25(27(21)31-24)15-23-22(28(32)34)17-37-29(35)30(23,36)6-3/h12-15,36H,4-11,16-17H2,1-3H3/t30-/m0/s1. The number of hydrogen-bond donors (Lipinski definition) is 1. The summed E-state index contributed by atoms with van der Waals surface area (Å²) in [7, 11) is 0. The molecule has 8 heteroatoms. The van der Waals surface area contributed by atoms with Crippen LogP contribution in [-0.4, -0.2) is 26.6 Å². The normalized spacial score (nSPS) is 17.6. The fourth-order valence-corrected chi connectivity index (χ4v) is 5.66. The maximum atomic E-state index is 13.5. The summed E-state index contributed by atoms with van der Waals surface area (Å²) >= 11 is 0. The molecule has 3 aromatic rings. The van der Waals surface area contributed by atoms with Crippen LogP contribution in [0.4, 0.5) is 0 Å². The second-order valence-electron chi connectivity index (χ2n) is 10.2. The first kappa shape index (κ1) is 26.1. The lowest BCUT2D eigenvalue weighted by molar-refractivity contribution is -0.172. The number of ether oxygens (including phenoxy) is 2. The largest absolute Gasteiger partial charge is 0.458 e. The molecule has 8 nitrogen and oxygen atoms in total. The molecule has 1 N–H and O–H groups in total. The number of carbonyl (C=O) groups is 2. The Morgan fingerprint density at radius 3 is 2.63 bits per heavy atom. The zero-order chi connectivity index (χ0) is 27.0. The number of benzene rings is 1. The van der Waals surface area contributed by atoms with E-state index in [1.54, 1.807) is 23.6 Å². The molecule has 0 amide bonds. The minimum atomic E-state index is -1.86. The highest BCUT2D eigenvalue weighted by molar-refractivity contribution is 5.90. The molecule has 1 aromatic carbocycles. The van der Waals surface area contributed by atoms with Crippen molar-refractivity contribution in [2.45, 2.75) is 90.9 Å². The van der Waals surface area contributed by atoms with Crippen LogP contribution in [-0.2, 0) is 39.5 Å². The third-order valence-electron chi connectivity index (χ3n) is 7.85. The third kappa shape index (κ3) is 4.30. The van der Waals surface area contributed by atoms with E-state index in [4.69, 9.17) is 14.5 Å². The highest BCUT2D eigenvalue weighted by Crippen LogP contribution is 2.40. The number of fused-ring (bicyclic) bond motifs is 5. The van der Waals surface area contributed by atoms with Gasteiger partial charge in [0.1, 0.15) is 12.4 Å². The Bertz CT molecular complexity index is 1490. The van der Waals surface area contributed by atoms with Crippen molar-refractivity contribution in [2.24, 2.45) is 0 Å². The highest BCUT2D eigenvalue weighted by Gasteiger charge is 2.45. The van der Waals surface area contributed by atoms with Crippen LogP contribution in [0.5, 0.6) is 5.75 Å². The van der Waals surface area contributed by atoms with Crippen molar-refractivity contribution >= 4 is 22.8 Å². The summed E-state index contributed by atoms with van der Waals surface area (Å²) in [6, 6.07) is 7.16. The number of esters is 2. The minimum absolute atomic E-state index is 0.0974. The topological polar surface area (TPSA) is 108 Å². The van der Waals surface area contributed by atoms with E-state index in [1.807, 2.05) is 19.1 Å². The predicted molar refractivity (Wildman–Crippen MR) is 143 cm³/mol. The Labute approximate surface area is 221 Å². The van der Waals surface area contributed by atoms with E-state index >= 15 is 0 Å². The van der Waals surface area contributed by atoms with Crippen molar-refractivity contribution in [1.29, 1.82) is 0 Å². The number of rotatable bonds is 9. The van der Waals surface area contributed by atoms with Gasteiger partial charge in [-0.15, -0.1) is 0 Å². The van der Waals surface area contributed by atoms with Gasteiger partial charge in [-0.25, -0.2) is 9.78 Å². The van der Waals surface area contributed by atoms with Crippen molar-refractivity contribution in [1.82, 2.24) is 9.55 Å². The number of aromatic nitrogens is 2. The second-order valence-corrected chi connectivity index (χ2v) is 10.2. The summed E-state index contributed by atoms with van der Waals surface area (Å²) in [5.41, 5.74) is 2.40. The minimum Gasteiger partial charge on any atom is -0.458 e. The molecular formula is C30H34N2O6. The van der Waals surface area contributed by atoms with E-state index in [0.29, 0.717) is 47.7 Å². The van der Waals surface area contributed by atoms with E-state index in [0.717, 1.165) is 47.7 Å². The van der Waals surface area contributed by atoms with Crippen molar-refractivity contribution < 1.29 is 24.2 Å². The zero-order valence-corrected chi connectivity index (χ0v) is 22.3. The summed E-state index contributed by atoms with van der Waals surface area (Å²) in [4.78, 5) is 43.2. The third-order valence-corrected chi connectivity index (χ3v) is 7.85. The average molecular weight is 519 g/mol. The molecule has 5 rings (SSSR count). The van der Waals surface area contributed by atoms with Crippen molar-refractivity contribution in [3.05, 3.63) is 56.9 Å². The van der Waals surface area contributed by atoms with Gasteiger partial charge < -0.3 is 19.1 Å². The molecule has 0 spiro atoms. The Kier molecular flexibility index (Phi) is 7.09. The first-order chi connectivity index (χ1) is 18.3. The van der Waals surface area contributed by atoms with Gasteiger partial charge in [-0.2, -0.15) is 0 Å². The number of cyclic esters (lactones) is 1. The molecule has 0 radical (unpaired) electrons. The van der Waals surface area contributed by atoms with E-state index in [2.05, 4.69) is 6.92 Å². The Balaban J connectivity index is 1.51. The zero-order valence-electron chi connectivity index (χ0n) is 22.3. The van der Waals surface area contributed by atoms with Crippen LogP contribution in [0.25, 0.3) is 22.3 Å². The lowest BCUT2D eigenvalue weighted by Gasteiger charge is -2.31. The highest BCUT2D eigenvalue weighted by atomic mass is 16.6. The predicted octanol–water partition coefficient (Wildman–Crippen LogP) is 4.91. The number of carbonyl (C=O) groups excluding carboxylic acids is 2. The van der Waals surface area contributed by atoms with E-state index in [9.17, 15) is 19.5 Å². The quantitative estimate of drug-likeness (QED) is 0.191. The molecule has 2 aromatic heterocycles. The van der Waals surface area contributed by atoms with Gasteiger partial charge in [0.15, 0.2) is 5.60 Å². The van der Waals surface area contributed by atoms with Crippen LogP contribution in [0.1, 0.15) is 88.0 Å². The molecule has 0 bridgehead atoms. The molecule has 200 valence electrons. The van der Waals surface area contributed by atoms with Gasteiger partial charge in [0, 0.05) is 22.9 Å². The van der Waals surface area contributed by atoms with Crippen LogP contribution >= 0.6 is 0 Å². The van der Waals surface area contributed by atoms with Gasteiger partial charge in [0.05, 0.1) is 29.0 Å². The van der Waals surface area contributed by atoms with Crippen LogP contribution in [0, 0.1) is 0 Å². The molecule has 0 aliphatic carbocycles. The van der Waals surface area contributed by atoms with E-state index < -0.39 is 11.6 Å². The molecular weight excluding hydrogens is 484 g/mol. The number of aryl methyl sites for hydroxylation is 1. The smallest absolute Gasteiger partial charge is 0.343 e. The van der Waals surface area contributed by atoms with Crippen LogP contribution in [0.3, 0.4) is 0 Å². The fourth-order valence-electron chi connectivity index (χ4n) is 5.66. The molecule has 38 heavy (non-hydrogen) atoms. The van der Waals surface area contributed by atoms with Crippen LogP contribution in [0.15, 0.2) is 29.1 Å². The molecule has 2 aliphatic rings. The number of nitrogens with zero attached hydrogens (tertiary/aromatic N) is 2. The van der Waals surface area contributed by atoms with Gasteiger partial charge in [-0.05, 0) is 49.1 Å². The number of pyridine rings is 2. The number of unbranched alkanes of at least 4 members (excludes halogenated alkanes) is 4. The molecule has 0 saturated heterocycles. The van der Waals surface area contributed by atoms with Gasteiger partial charge in [0.25, 0.3) is 5.56 Å². The van der Waals surface area contributed by atoms with Gasteiger partial charge in [0.2, 0.25) is 0 Å². The summed E-state index contributed by atoms with van der Waals surface area (Å²) < 4.78 is 12.5. The molecule has 2 aliphatic heterocycles. The Morgan fingerprint density at radius 2 is 1.89 bits per heavy atom. The first-order valence-electron chi connectivity index (χ1n) is 13.7. The van der Waals surface area contributed by atoms with E-state index in [1.165, 1.54) is 6.42 Å². The Hall–Kier alpha value is -3.52. The monoisotopic (exact) mass is 518 g/mol. The molecule has 1 atom stereocenters. The molecule has 4 heterocycles. The molecule has 0 saturated carbocycles. The Morgan fingerprint density at radius 1 is 1.11 bits per heavy atom. The average Bonchev–Trinajstić information content (AvgIpc) is 3.28. The summed E-state index contributed by atoms with van der Waals surface area (Å²) in [6.07, 6.45) is 6.50. The maximum Gasteiger partial charge on any atom is 0.343 e. The fraction of sp³-hybridized carbons (Fsp3) is 0.467. The molecule has 0 fully saturated rings.